The number of fused-ring (bicyclic) bond motifs is 1. The van der Waals surface area contributed by atoms with Crippen molar-refractivity contribution in [2.24, 2.45) is 5.41 Å². The molecular formula is C17H25NS. The molecule has 1 aliphatic rings. The van der Waals surface area contributed by atoms with E-state index in [9.17, 15) is 0 Å². The summed E-state index contributed by atoms with van der Waals surface area (Å²) in [6, 6.07) is 8.85. The Balaban J connectivity index is 2.01. The summed E-state index contributed by atoms with van der Waals surface area (Å²) < 4.78 is 0. The average Bonchev–Trinajstić information content (AvgIpc) is 2.82. The summed E-state index contributed by atoms with van der Waals surface area (Å²) in [4.78, 5) is 1.47. The van der Waals surface area contributed by atoms with Crippen LogP contribution >= 0.6 is 11.8 Å². The standard InChI is InChI=1S/C17H25NS/c1-4-10-18-13-17(3,5-2)11-14-12-19-16-9-7-6-8-15(14)16/h5-9,14,18H,2,4,10-13H2,1,3H3. The van der Waals surface area contributed by atoms with Crippen LogP contribution in [0.5, 0.6) is 0 Å². The van der Waals surface area contributed by atoms with Gasteiger partial charge in [-0.1, -0.05) is 38.1 Å². The molecule has 2 atom stereocenters. The molecule has 0 spiro atoms. The highest BCUT2D eigenvalue weighted by Gasteiger charge is 2.30. The Morgan fingerprint density at radius 2 is 2.26 bits per heavy atom. The summed E-state index contributed by atoms with van der Waals surface area (Å²) in [5.74, 6) is 1.89. The van der Waals surface area contributed by atoms with Gasteiger partial charge in [-0.2, -0.15) is 0 Å². The summed E-state index contributed by atoms with van der Waals surface area (Å²) in [6.45, 7) is 10.7. The van der Waals surface area contributed by atoms with Crippen LogP contribution in [0.3, 0.4) is 0 Å². The highest BCUT2D eigenvalue weighted by molar-refractivity contribution is 7.99. The summed E-state index contributed by atoms with van der Waals surface area (Å²) in [7, 11) is 0. The summed E-state index contributed by atoms with van der Waals surface area (Å²) in [5, 5.41) is 3.55. The van der Waals surface area contributed by atoms with Gasteiger partial charge in [0.2, 0.25) is 0 Å². The first kappa shape index (κ1) is 14.7. The van der Waals surface area contributed by atoms with E-state index in [1.807, 2.05) is 11.8 Å². The number of rotatable bonds is 7. The van der Waals surface area contributed by atoms with E-state index in [0.29, 0.717) is 5.92 Å². The molecule has 2 heteroatoms. The molecule has 0 amide bonds. The van der Waals surface area contributed by atoms with E-state index in [4.69, 9.17) is 0 Å². The minimum absolute atomic E-state index is 0.192. The normalized spacial score (nSPS) is 20.8. The molecule has 1 heterocycles. The van der Waals surface area contributed by atoms with Crippen LogP contribution in [0.15, 0.2) is 41.8 Å². The Morgan fingerprint density at radius 1 is 1.47 bits per heavy atom. The Kier molecular flexibility index (Phi) is 5.12. The van der Waals surface area contributed by atoms with Crippen molar-refractivity contribution in [3.05, 3.63) is 42.5 Å². The number of benzene rings is 1. The molecule has 2 rings (SSSR count). The Morgan fingerprint density at radius 3 is 3.00 bits per heavy atom. The molecule has 1 aromatic carbocycles. The fraction of sp³-hybridized carbons (Fsp3) is 0.529. The van der Waals surface area contributed by atoms with Gasteiger partial charge in [0.25, 0.3) is 0 Å². The second-order valence-corrected chi connectivity index (χ2v) is 6.85. The lowest BCUT2D eigenvalue weighted by atomic mass is 9.79. The number of hydrogen-bond donors (Lipinski definition) is 1. The van der Waals surface area contributed by atoms with Crippen molar-refractivity contribution in [3.63, 3.8) is 0 Å². The molecule has 0 radical (unpaired) electrons. The van der Waals surface area contributed by atoms with Crippen LogP contribution in [-0.2, 0) is 0 Å². The summed E-state index contributed by atoms with van der Waals surface area (Å²) in [6.07, 6.45) is 4.52. The largest absolute Gasteiger partial charge is 0.316 e. The molecule has 0 aliphatic carbocycles. The van der Waals surface area contributed by atoms with Crippen molar-refractivity contribution in [1.29, 1.82) is 0 Å². The fourth-order valence-electron chi connectivity index (χ4n) is 2.74. The van der Waals surface area contributed by atoms with Gasteiger partial charge in [0.05, 0.1) is 0 Å². The van der Waals surface area contributed by atoms with Gasteiger partial charge in [0.15, 0.2) is 0 Å². The number of nitrogens with one attached hydrogen (secondary N) is 1. The van der Waals surface area contributed by atoms with E-state index in [1.165, 1.54) is 29.1 Å². The summed E-state index contributed by atoms with van der Waals surface area (Å²) >= 11 is 2.00. The molecule has 104 valence electrons. The maximum Gasteiger partial charge on any atom is 0.0107 e. The van der Waals surface area contributed by atoms with Crippen LogP contribution < -0.4 is 5.32 Å². The lowest BCUT2D eigenvalue weighted by Gasteiger charge is -2.29. The van der Waals surface area contributed by atoms with E-state index in [2.05, 4.69) is 56.1 Å². The molecule has 1 aromatic rings. The van der Waals surface area contributed by atoms with Crippen molar-refractivity contribution in [2.75, 3.05) is 18.8 Å². The molecule has 0 saturated carbocycles. The maximum atomic E-state index is 4.06. The van der Waals surface area contributed by atoms with Gasteiger partial charge in [0, 0.05) is 17.2 Å². The molecular weight excluding hydrogens is 250 g/mol. The minimum Gasteiger partial charge on any atom is -0.316 e. The Labute approximate surface area is 121 Å². The molecule has 0 saturated heterocycles. The predicted molar refractivity (Wildman–Crippen MR) is 86.0 cm³/mol. The van der Waals surface area contributed by atoms with Gasteiger partial charge >= 0.3 is 0 Å². The Bertz CT molecular complexity index is 429. The zero-order chi connectivity index (χ0) is 13.7. The topological polar surface area (TPSA) is 12.0 Å². The van der Waals surface area contributed by atoms with E-state index in [-0.39, 0.29) is 5.41 Å². The SMILES string of the molecule is C=CC(C)(CNCCC)CC1CSc2ccccc21. The van der Waals surface area contributed by atoms with E-state index < -0.39 is 0 Å². The van der Waals surface area contributed by atoms with Crippen molar-refractivity contribution in [2.45, 2.75) is 37.5 Å². The van der Waals surface area contributed by atoms with Crippen LogP contribution in [0.2, 0.25) is 0 Å². The molecule has 0 aromatic heterocycles. The van der Waals surface area contributed by atoms with E-state index >= 15 is 0 Å². The second kappa shape index (κ2) is 6.62. The van der Waals surface area contributed by atoms with Gasteiger partial charge in [-0.25, -0.2) is 0 Å². The number of thioether (sulfide) groups is 1. The third-order valence-electron chi connectivity index (χ3n) is 3.96. The van der Waals surface area contributed by atoms with Crippen molar-refractivity contribution in [3.8, 4) is 0 Å². The van der Waals surface area contributed by atoms with Gasteiger partial charge in [0.1, 0.15) is 0 Å². The molecule has 1 nitrogen and oxygen atoms in total. The van der Waals surface area contributed by atoms with E-state index in [1.54, 1.807) is 0 Å². The van der Waals surface area contributed by atoms with E-state index in [0.717, 1.165) is 13.1 Å². The zero-order valence-corrected chi connectivity index (χ0v) is 12.9. The maximum absolute atomic E-state index is 4.06. The zero-order valence-electron chi connectivity index (χ0n) is 12.1. The smallest absolute Gasteiger partial charge is 0.0107 e. The highest BCUT2D eigenvalue weighted by Crippen LogP contribution is 2.44. The third kappa shape index (κ3) is 3.64. The van der Waals surface area contributed by atoms with Crippen molar-refractivity contribution < 1.29 is 0 Å². The predicted octanol–water partition coefficient (Wildman–Crippen LogP) is 4.46. The molecule has 1 N–H and O–H groups in total. The Hall–Kier alpha value is -0.730. The minimum atomic E-state index is 0.192. The molecule has 19 heavy (non-hydrogen) atoms. The van der Waals surface area contributed by atoms with Gasteiger partial charge in [-0.15, -0.1) is 18.3 Å². The lowest BCUT2D eigenvalue weighted by Crippen LogP contribution is -2.32. The van der Waals surface area contributed by atoms with Crippen LogP contribution in [0.25, 0.3) is 0 Å². The molecule has 1 aliphatic heterocycles. The van der Waals surface area contributed by atoms with Crippen molar-refractivity contribution >= 4 is 11.8 Å². The first-order valence-corrected chi connectivity index (χ1v) is 8.23. The number of hydrogen-bond acceptors (Lipinski definition) is 2. The molecule has 0 bridgehead atoms. The molecule has 2 unspecified atom stereocenters. The van der Waals surface area contributed by atoms with Crippen LogP contribution in [0, 0.1) is 5.41 Å². The first-order chi connectivity index (χ1) is 9.18. The van der Waals surface area contributed by atoms with Gasteiger partial charge in [-0.05, 0) is 42.3 Å². The third-order valence-corrected chi connectivity index (χ3v) is 5.21. The first-order valence-electron chi connectivity index (χ1n) is 7.24. The lowest BCUT2D eigenvalue weighted by molar-refractivity contribution is 0.343. The molecule has 0 fully saturated rings. The second-order valence-electron chi connectivity index (χ2n) is 5.78. The average molecular weight is 275 g/mol. The highest BCUT2D eigenvalue weighted by atomic mass is 32.2. The van der Waals surface area contributed by atoms with Crippen LogP contribution in [0.4, 0.5) is 0 Å². The van der Waals surface area contributed by atoms with Gasteiger partial charge < -0.3 is 5.32 Å². The van der Waals surface area contributed by atoms with Crippen LogP contribution in [0.1, 0.15) is 38.2 Å². The monoisotopic (exact) mass is 275 g/mol. The van der Waals surface area contributed by atoms with Gasteiger partial charge in [-0.3, -0.25) is 0 Å². The van der Waals surface area contributed by atoms with Crippen molar-refractivity contribution in [1.82, 2.24) is 5.32 Å². The fourth-order valence-corrected chi connectivity index (χ4v) is 3.99. The quantitative estimate of drug-likeness (QED) is 0.582. The van der Waals surface area contributed by atoms with Crippen LogP contribution in [-0.4, -0.2) is 18.8 Å². The summed E-state index contributed by atoms with van der Waals surface area (Å²) in [5.41, 5.74) is 1.73.